The van der Waals surface area contributed by atoms with Crippen molar-refractivity contribution in [3.63, 3.8) is 0 Å². The highest BCUT2D eigenvalue weighted by Gasteiger charge is 1.96. The van der Waals surface area contributed by atoms with Crippen LogP contribution in [0.5, 0.6) is 0 Å². The average molecular weight is 269 g/mol. The van der Waals surface area contributed by atoms with Crippen LogP contribution >= 0.6 is 0 Å². The van der Waals surface area contributed by atoms with E-state index in [0.29, 0.717) is 5.92 Å². The summed E-state index contributed by atoms with van der Waals surface area (Å²) in [7, 11) is 0. The molecule has 0 bridgehead atoms. The van der Waals surface area contributed by atoms with Gasteiger partial charge in [-0.05, 0) is 56.4 Å². The molecule has 0 amide bonds. The molecule has 0 saturated heterocycles. The normalized spacial score (nSPS) is 14.2. The summed E-state index contributed by atoms with van der Waals surface area (Å²) in [5, 5.41) is 3.36. The molecular weight excluding hydrogens is 242 g/mol. The molecule has 1 N–H and O–H groups in total. The van der Waals surface area contributed by atoms with Crippen molar-refractivity contribution in [1.29, 1.82) is 0 Å². The van der Waals surface area contributed by atoms with Crippen LogP contribution in [0.4, 0.5) is 0 Å². The van der Waals surface area contributed by atoms with Gasteiger partial charge in [0, 0.05) is 11.4 Å². The van der Waals surface area contributed by atoms with Crippen molar-refractivity contribution >= 4 is 0 Å². The van der Waals surface area contributed by atoms with Crippen molar-refractivity contribution < 1.29 is 0 Å². The van der Waals surface area contributed by atoms with Gasteiger partial charge in [0.2, 0.25) is 0 Å². The molecule has 0 aliphatic heterocycles. The summed E-state index contributed by atoms with van der Waals surface area (Å²) >= 11 is 0. The van der Waals surface area contributed by atoms with Gasteiger partial charge in [-0.1, -0.05) is 44.9 Å². The smallest absolute Gasteiger partial charge is 0.0378 e. The van der Waals surface area contributed by atoms with Gasteiger partial charge in [0.05, 0.1) is 0 Å². The van der Waals surface area contributed by atoms with E-state index in [1.54, 1.807) is 6.08 Å². The van der Waals surface area contributed by atoms with Crippen LogP contribution in [0.1, 0.15) is 33.6 Å². The first kappa shape index (κ1) is 18.0. The van der Waals surface area contributed by atoms with Crippen molar-refractivity contribution in [2.45, 2.75) is 33.6 Å². The third-order valence-corrected chi connectivity index (χ3v) is 3.02. The molecule has 0 radical (unpaired) electrons. The number of hydrogen-bond donors (Lipinski definition) is 1. The molecule has 0 aromatic heterocycles. The Morgan fingerprint density at radius 1 is 1.30 bits per heavy atom. The van der Waals surface area contributed by atoms with E-state index in [-0.39, 0.29) is 0 Å². The second kappa shape index (κ2) is 10.9. The summed E-state index contributed by atoms with van der Waals surface area (Å²) < 4.78 is 0. The highest BCUT2D eigenvalue weighted by Crippen LogP contribution is 2.09. The van der Waals surface area contributed by atoms with Gasteiger partial charge in [-0.15, -0.1) is 5.73 Å². The fourth-order valence-corrected chi connectivity index (χ4v) is 1.59. The lowest BCUT2D eigenvalue weighted by atomic mass is 10.1. The molecule has 0 aromatic carbocycles. The van der Waals surface area contributed by atoms with E-state index in [1.807, 2.05) is 32.1 Å². The van der Waals surface area contributed by atoms with E-state index in [2.05, 4.69) is 49.9 Å². The van der Waals surface area contributed by atoms with Gasteiger partial charge in [-0.2, -0.15) is 0 Å². The minimum Gasteiger partial charge on any atom is -0.359 e. The van der Waals surface area contributed by atoms with Gasteiger partial charge in [0.25, 0.3) is 0 Å². The van der Waals surface area contributed by atoms with Crippen LogP contribution in [0.25, 0.3) is 0 Å². The predicted octanol–water partition coefficient (Wildman–Crippen LogP) is 5.44. The van der Waals surface area contributed by atoms with E-state index in [4.69, 9.17) is 0 Å². The molecule has 0 aromatic rings. The lowest BCUT2D eigenvalue weighted by molar-refractivity contribution is 0.658. The Bertz CT molecular complexity index is 454. The minimum absolute atomic E-state index is 0.515. The molecule has 108 valence electrons. The SMILES string of the molecule is C=C=CC(C)CC/C=C\C(=C/C=C)N/C(C)=C(/C)C=C. The first-order chi connectivity index (χ1) is 9.54. The second-order valence-electron chi connectivity index (χ2n) is 4.82. The zero-order valence-corrected chi connectivity index (χ0v) is 13.1. The highest BCUT2D eigenvalue weighted by molar-refractivity contribution is 5.29. The number of allylic oxidation sites excluding steroid dienone is 8. The standard InChI is InChI=1S/C19H27N/c1-7-12-16(4)14-10-11-15-19(13-8-2)20-18(6)17(5)9-3/h8-9,11-13,15-16,20H,1-3,10,14H2,4-6H3/b15-11-,18-17-,19-13+. The summed E-state index contributed by atoms with van der Waals surface area (Å²) in [6.07, 6.45) is 14.0. The van der Waals surface area contributed by atoms with Crippen LogP contribution in [0, 0.1) is 5.92 Å². The lowest BCUT2D eigenvalue weighted by Gasteiger charge is -2.09. The molecular formula is C19H27N. The van der Waals surface area contributed by atoms with Crippen LogP contribution in [-0.4, -0.2) is 0 Å². The summed E-state index contributed by atoms with van der Waals surface area (Å²) in [5.74, 6) is 0.515. The molecule has 0 rings (SSSR count). The van der Waals surface area contributed by atoms with Crippen molar-refractivity contribution in [2.75, 3.05) is 0 Å². The van der Waals surface area contributed by atoms with Gasteiger partial charge in [0.15, 0.2) is 0 Å². The van der Waals surface area contributed by atoms with Gasteiger partial charge < -0.3 is 5.32 Å². The maximum atomic E-state index is 3.78. The first-order valence-corrected chi connectivity index (χ1v) is 6.97. The number of hydrogen-bond acceptors (Lipinski definition) is 1. The van der Waals surface area contributed by atoms with Crippen molar-refractivity contribution in [3.8, 4) is 0 Å². The van der Waals surface area contributed by atoms with Gasteiger partial charge in [-0.3, -0.25) is 0 Å². The third kappa shape index (κ3) is 8.18. The van der Waals surface area contributed by atoms with Gasteiger partial charge in [-0.25, -0.2) is 0 Å². The lowest BCUT2D eigenvalue weighted by Crippen LogP contribution is -2.10. The molecule has 1 atom stereocenters. The van der Waals surface area contributed by atoms with Crippen LogP contribution in [0.3, 0.4) is 0 Å². The monoisotopic (exact) mass is 269 g/mol. The Morgan fingerprint density at radius 2 is 2.00 bits per heavy atom. The zero-order valence-electron chi connectivity index (χ0n) is 13.1. The molecule has 1 heteroatoms. The fraction of sp³-hybridized carbons (Fsp3) is 0.316. The Morgan fingerprint density at radius 3 is 2.55 bits per heavy atom. The van der Waals surface area contributed by atoms with Crippen LogP contribution in [-0.2, 0) is 0 Å². The van der Waals surface area contributed by atoms with Crippen LogP contribution < -0.4 is 5.32 Å². The molecule has 0 heterocycles. The van der Waals surface area contributed by atoms with E-state index in [0.717, 1.165) is 29.8 Å². The Kier molecular flexibility index (Phi) is 9.82. The number of rotatable bonds is 9. The second-order valence-corrected chi connectivity index (χ2v) is 4.82. The minimum atomic E-state index is 0.515. The summed E-state index contributed by atoms with van der Waals surface area (Å²) in [5.41, 5.74) is 6.10. The van der Waals surface area contributed by atoms with E-state index in [9.17, 15) is 0 Å². The molecule has 0 saturated carbocycles. The van der Waals surface area contributed by atoms with E-state index < -0.39 is 0 Å². The van der Waals surface area contributed by atoms with Crippen LogP contribution in [0.15, 0.2) is 78.9 Å². The Labute approximate surface area is 124 Å². The summed E-state index contributed by atoms with van der Waals surface area (Å²) in [4.78, 5) is 0. The Balaban J connectivity index is 4.57. The summed E-state index contributed by atoms with van der Waals surface area (Å²) in [6.45, 7) is 17.4. The molecule has 0 aliphatic rings. The van der Waals surface area contributed by atoms with E-state index >= 15 is 0 Å². The topological polar surface area (TPSA) is 12.0 Å². The molecule has 1 nitrogen and oxygen atoms in total. The largest absolute Gasteiger partial charge is 0.359 e. The van der Waals surface area contributed by atoms with Gasteiger partial charge in [0.1, 0.15) is 0 Å². The fourth-order valence-electron chi connectivity index (χ4n) is 1.59. The predicted molar refractivity (Wildman–Crippen MR) is 91.2 cm³/mol. The molecule has 0 aliphatic carbocycles. The van der Waals surface area contributed by atoms with Crippen molar-refractivity contribution in [3.05, 3.63) is 78.9 Å². The van der Waals surface area contributed by atoms with Gasteiger partial charge >= 0.3 is 0 Å². The van der Waals surface area contributed by atoms with E-state index in [1.165, 1.54) is 0 Å². The van der Waals surface area contributed by atoms with Crippen LogP contribution in [0.2, 0.25) is 0 Å². The Hall–Kier alpha value is -1.98. The van der Waals surface area contributed by atoms with Crippen molar-refractivity contribution in [2.24, 2.45) is 5.92 Å². The molecule has 20 heavy (non-hydrogen) atoms. The first-order valence-electron chi connectivity index (χ1n) is 6.97. The highest BCUT2D eigenvalue weighted by atomic mass is 14.9. The van der Waals surface area contributed by atoms with Crippen molar-refractivity contribution in [1.82, 2.24) is 5.32 Å². The maximum absolute atomic E-state index is 3.78. The third-order valence-electron chi connectivity index (χ3n) is 3.02. The molecule has 0 spiro atoms. The zero-order chi connectivity index (χ0) is 15.4. The quantitative estimate of drug-likeness (QED) is 0.434. The molecule has 0 fully saturated rings. The maximum Gasteiger partial charge on any atom is 0.0378 e. The summed E-state index contributed by atoms with van der Waals surface area (Å²) in [6, 6.07) is 0. The molecule has 1 unspecified atom stereocenters. The average Bonchev–Trinajstić information content (AvgIpc) is 2.42. The number of nitrogens with one attached hydrogen (secondary N) is 1.